The number of para-hydroxylation sites is 1. The number of aromatic hydroxyl groups is 3. The van der Waals surface area contributed by atoms with E-state index in [9.17, 15) is 15.0 Å². The van der Waals surface area contributed by atoms with Gasteiger partial charge in [-0.2, -0.15) is 5.10 Å². The van der Waals surface area contributed by atoms with Crippen molar-refractivity contribution in [1.29, 1.82) is 0 Å². The number of ether oxygens (including phenoxy) is 1. The average Bonchev–Trinajstić information content (AvgIpc) is 2.48. The number of phenolic OH excluding ortho intramolecular Hbond substituents is 3. The molecule has 0 aliphatic rings. The van der Waals surface area contributed by atoms with Gasteiger partial charge < -0.3 is 20.1 Å². The molecule has 0 atom stereocenters. The van der Waals surface area contributed by atoms with Gasteiger partial charge in [0.2, 0.25) is 0 Å². The van der Waals surface area contributed by atoms with Gasteiger partial charge in [0.15, 0.2) is 11.5 Å². The van der Waals surface area contributed by atoms with Crippen LogP contribution >= 0.6 is 0 Å². The first-order valence-corrected chi connectivity index (χ1v) is 6.24. The fourth-order valence-electron chi connectivity index (χ4n) is 1.74. The van der Waals surface area contributed by atoms with E-state index in [0.717, 1.165) is 6.07 Å². The van der Waals surface area contributed by atoms with Gasteiger partial charge in [0.1, 0.15) is 11.5 Å². The second-order valence-corrected chi connectivity index (χ2v) is 4.30. The van der Waals surface area contributed by atoms with Crippen LogP contribution in [-0.2, 0) is 0 Å². The van der Waals surface area contributed by atoms with Gasteiger partial charge in [0.25, 0.3) is 5.91 Å². The van der Waals surface area contributed by atoms with Crippen LogP contribution in [0.25, 0.3) is 0 Å². The summed E-state index contributed by atoms with van der Waals surface area (Å²) in [7, 11) is 1.42. The molecule has 7 heteroatoms. The van der Waals surface area contributed by atoms with Crippen LogP contribution in [0.2, 0.25) is 0 Å². The maximum atomic E-state index is 11.8. The number of methoxy groups -OCH3 is 1. The van der Waals surface area contributed by atoms with Gasteiger partial charge in [-0.3, -0.25) is 4.79 Å². The van der Waals surface area contributed by atoms with E-state index in [1.807, 2.05) is 0 Å². The zero-order valence-corrected chi connectivity index (χ0v) is 11.6. The van der Waals surface area contributed by atoms with Crippen LogP contribution in [0.3, 0.4) is 0 Å². The lowest BCUT2D eigenvalue weighted by Crippen LogP contribution is -2.17. The fraction of sp³-hybridized carbons (Fsp3) is 0.0667. The fourth-order valence-corrected chi connectivity index (χ4v) is 1.74. The largest absolute Gasteiger partial charge is 0.508 e. The number of nitrogens with one attached hydrogen (secondary N) is 1. The molecule has 7 nitrogen and oxygen atoms in total. The second kappa shape index (κ2) is 6.49. The lowest BCUT2D eigenvalue weighted by molar-refractivity contribution is 0.0952. The quantitative estimate of drug-likeness (QED) is 0.506. The van der Waals surface area contributed by atoms with E-state index < -0.39 is 5.91 Å². The molecule has 114 valence electrons. The molecular weight excluding hydrogens is 288 g/mol. The minimum atomic E-state index is -0.656. The molecule has 0 aromatic heterocycles. The topological polar surface area (TPSA) is 111 Å². The van der Waals surface area contributed by atoms with Crippen molar-refractivity contribution in [3.63, 3.8) is 0 Å². The van der Waals surface area contributed by atoms with Crippen molar-refractivity contribution in [2.45, 2.75) is 0 Å². The number of phenols is 3. The third kappa shape index (κ3) is 3.26. The van der Waals surface area contributed by atoms with Crippen molar-refractivity contribution in [3.8, 4) is 23.0 Å². The Labute approximate surface area is 126 Å². The number of nitrogens with zero attached hydrogens (tertiary/aromatic N) is 1. The van der Waals surface area contributed by atoms with Crippen LogP contribution in [-0.4, -0.2) is 34.6 Å². The second-order valence-electron chi connectivity index (χ2n) is 4.30. The number of carbonyl (C=O) groups excluding carboxylic acids is 1. The van der Waals surface area contributed by atoms with Gasteiger partial charge in [0.05, 0.1) is 18.9 Å². The minimum absolute atomic E-state index is 0.0372. The van der Waals surface area contributed by atoms with Crippen LogP contribution in [0.1, 0.15) is 15.9 Å². The number of carbonyl (C=O) groups is 1. The first-order chi connectivity index (χ1) is 10.5. The van der Waals surface area contributed by atoms with Crippen molar-refractivity contribution >= 4 is 12.1 Å². The highest BCUT2D eigenvalue weighted by atomic mass is 16.5. The molecule has 0 radical (unpaired) electrons. The molecule has 0 bridgehead atoms. The van der Waals surface area contributed by atoms with Gasteiger partial charge in [-0.05, 0) is 24.3 Å². The van der Waals surface area contributed by atoms with Crippen molar-refractivity contribution in [2.75, 3.05) is 7.11 Å². The molecule has 0 saturated heterocycles. The summed E-state index contributed by atoms with van der Waals surface area (Å²) in [5, 5.41) is 32.3. The molecule has 0 aliphatic carbocycles. The van der Waals surface area contributed by atoms with Crippen LogP contribution in [0.4, 0.5) is 0 Å². The maximum Gasteiger partial charge on any atom is 0.275 e. The number of hydrogen-bond acceptors (Lipinski definition) is 6. The summed E-state index contributed by atoms with van der Waals surface area (Å²) in [4.78, 5) is 11.8. The molecule has 22 heavy (non-hydrogen) atoms. The Bertz CT molecular complexity index is 728. The first kappa shape index (κ1) is 15.2. The lowest BCUT2D eigenvalue weighted by atomic mass is 10.2. The molecule has 2 rings (SSSR count). The van der Waals surface area contributed by atoms with E-state index in [-0.39, 0.29) is 28.6 Å². The Hall–Kier alpha value is -3.22. The summed E-state index contributed by atoms with van der Waals surface area (Å²) in [5.41, 5.74) is 2.53. The lowest BCUT2D eigenvalue weighted by Gasteiger charge is -2.05. The molecule has 0 fully saturated rings. The predicted octanol–water partition coefficient (Wildman–Crippen LogP) is 1.58. The normalized spacial score (nSPS) is 10.6. The first-order valence-electron chi connectivity index (χ1n) is 6.24. The number of hydrazone groups is 1. The standard InChI is InChI=1S/C15H14N2O5/c1-22-13-4-2-3-9(14(13)20)8-16-17-15(21)11-6-5-10(18)7-12(11)19/h2-8,18-20H,1H3,(H,17,21)/b16-8-. The summed E-state index contributed by atoms with van der Waals surface area (Å²) < 4.78 is 4.95. The number of benzene rings is 2. The average molecular weight is 302 g/mol. The smallest absolute Gasteiger partial charge is 0.275 e. The highest BCUT2D eigenvalue weighted by molar-refractivity contribution is 5.97. The molecule has 2 aromatic carbocycles. The summed E-state index contributed by atoms with van der Waals surface area (Å²) in [6.07, 6.45) is 1.24. The van der Waals surface area contributed by atoms with Crippen LogP contribution in [0, 0.1) is 0 Å². The zero-order chi connectivity index (χ0) is 16.1. The highest BCUT2D eigenvalue weighted by Crippen LogP contribution is 2.28. The Morgan fingerprint density at radius 3 is 2.68 bits per heavy atom. The van der Waals surface area contributed by atoms with Crippen molar-refractivity contribution in [1.82, 2.24) is 5.43 Å². The molecule has 1 amide bonds. The van der Waals surface area contributed by atoms with E-state index in [1.54, 1.807) is 18.2 Å². The Morgan fingerprint density at radius 1 is 1.23 bits per heavy atom. The van der Waals surface area contributed by atoms with E-state index >= 15 is 0 Å². The molecule has 0 unspecified atom stereocenters. The number of hydrogen-bond donors (Lipinski definition) is 4. The predicted molar refractivity (Wildman–Crippen MR) is 79.5 cm³/mol. The molecule has 0 saturated carbocycles. The van der Waals surface area contributed by atoms with Gasteiger partial charge in [-0.15, -0.1) is 0 Å². The summed E-state index contributed by atoms with van der Waals surface area (Å²) in [6.45, 7) is 0. The van der Waals surface area contributed by atoms with E-state index in [0.29, 0.717) is 5.56 Å². The van der Waals surface area contributed by atoms with E-state index in [4.69, 9.17) is 9.84 Å². The summed E-state index contributed by atoms with van der Waals surface area (Å²) in [6, 6.07) is 8.41. The highest BCUT2D eigenvalue weighted by Gasteiger charge is 2.11. The molecule has 0 spiro atoms. The van der Waals surface area contributed by atoms with Crippen LogP contribution in [0.15, 0.2) is 41.5 Å². The molecule has 0 heterocycles. The number of rotatable bonds is 4. The summed E-state index contributed by atoms with van der Waals surface area (Å²) in [5.74, 6) is -0.992. The summed E-state index contributed by atoms with van der Waals surface area (Å²) >= 11 is 0. The molecule has 2 aromatic rings. The molecular formula is C15H14N2O5. The van der Waals surface area contributed by atoms with Crippen molar-refractivity contribution in [2.24, 2.45) is 5.10 Å². The Kier molecular flexibility index (Phi) is 4.47. The van der Waals surface area contributed by atoms with E-state index in [1.165, 1.54) is 25.5 Å². The van der Waals surface area contributed by atoms with Gasteiger partial charge in [-0.1, -0.05) is 6.07 Å². The van der Waals surface area contributed by atoms with Gasteiger partial charge in [-0.25, -0.2) is 5.43 Å². The minimum Gasteiger partial charge on any atom is -0.508 e. The van der Waals surface area contributed by atoms with Gasteiger partial charge in [0, 0.05) is 11.6 Å². The third-order valence-electron chi connectivity index (χ3n) is 2.85. The molecule has 4 N–H and O–H groups in total. The Balaban J connectivity index is 2.11. The third-order valence-corrected chi connectivity index (χ3v) is 2.85. The van der Waals surface area contributed by atoms with Crippen molar-refractivity contribution < 1.29 is 24.9 Å². The van der Waals surface area contributed by atoms with Crippen molar-refractivity contribution in [3.05, 3.63) is 47.5 Å². The monoisotopic (exact) mass is 302 g/mol. The van der Waals surface area contributed by atoms with Gasteiger partial charge >= 0.3 is 0 Å². The maximum absolute atomic E-state index is 11.8. The van der Waals surface area contributed by atoms with Crippen LogP contribution in [0.5, 0.6) is 23.0 Å². The van der Waals surface area contributed by atoms with E-state index in [2.05, 4.69) is 10.5 Å². The van der Waals surface area contributed by atoms with Crippen LogP contribution < -0.4 is 10.2 Å². The zero-order valence-electron chi connectivity index (χ0n) is 11.6. The SMILES string of the molecule is COc1cccc(/C=N\NC(=O)c2ccc(O)cc2O)c1O. The Morgan fingerprint density at radius 2 is 2.00 bits per heavy atom. The number of amides is 1. The molecule has 0 aliphatic heterocycles.